The molecule has 4 nitrogen and oxygen atoms in total. The number of nitrogens with zero attached hydrogens (tertiary/aromatic N) is 1. The Morgan fingerprint density at radius 1 is 1.11 bits per heavy atom. The van der Waals surface area contributed by atoms with Crippen LogP contribution in [0.15, 0.2) is 52.0 Å². The zero-order valence-corrected chi connectivity index (χ0v) is 18.4. The molecule has 150 valence electrons. The number of hydrogen-bond donors (Lipinski definition) is 1. The molecule has 0 aromatic heterocycles. The van der Waals surface area contributed by atoms with Gasteiger partial charge in [0.05, 0.1) is 12.8 Å². The summed E-state index contributed by atoms with van der Waals surface area (Å²) in [5.41, 5.74) is 3.82. The molecule has 0 aliphatic heterocycles. The number of ether oxygens (including phenoxy) is 1. The fourth-order valence-corrected chi connectivity index (χ4v) is 3.15. The highest BCUT2D eigenvalue weighted by Gasteiger charge is 2.05. The molecule has 2 rings (SSSR count). The van der Waals surface area contributed by atoms with Crippen LogP contribution in [0, 0.1) is 0 Å². The SMILES string of the molecule is CCCCCCCCOc1ccc(Br)cc1/C=N/NC(=O)c1ccc(Cl)cc1. The summed E-state index contributed by atoms with van der Waals surface area (Å²) in [4.78, 5) is 12.1. The molecule has 0 fully saturated rings. The lowest BCUT2D eigenvalue weighted by atomic mass is 10.1. The summed E-state index contributed by atoms with van der Waals surface area (Å²) in [5.74, 6) is 0.457. The number of amides is 1. The van der Waals surface area contributed by atoms with E-state index in [1.807, 2.05) is 18.2 Å². The van der Waals surface area contributed by atoms with Gasteiger partial charge in [0.2, 0.25) is 0 Å². The molecule has 2 aromatic rings. The number of hydrazone groups is 1. The van der Waals surface area contributed by atoms with Crippen molar-refractivity contribution in [3.8, 4) is 5.75 Å². The fraction of sp³-hybridized carbons (Fsp3) is 0.364. The van der Waals surface area contributed by atoms with E-state index in [1.54, 1.807) is 30.5 Å². The van der Waals surface area contributed by atoms with Crippen LogP contribution in [-0.2, 0) is 0 Å². The molecule has 0 saturated heterocycles. The lowest BCUT2D eigenvalue weighted by molar-refractivity contribution is 0.0955. The van der Waals surface area contributed by atoms with Crippen LogP contribution >= 0.6 is 27.5 Å². The molecule has 0 aliphatic rings. The highest BCUT2D eigenvalue weighted by molar-refractivity contribution is 9.10. The van der Waals surface area contributed by atoms with Crippen LogP contribution in [0.5, 0.6) is 5.75 Å². The topological polar surface area (TPSA) is 50.7 Å². The van der Waals surface area contributed by atoms with Crippen LogP contribution in [-0.4, -0.2) is 18.7 Å². The minimum atomic E-state index is -0.294. The molecule has 0 bridgehead atoms. The van der Waals surface area contributed by atoms with E-state index < -0.39 is 0 Å². The fourth-order valence-electron chi connectivity index (χ4n) is 2.64. The van der Waals surface area contributed by atoms with Gasteiger partial charge in [-0.15, -0.1) is 0 Å². The Hall–Kier alpha value is -1.85. The maximum absolute atomic E-state index is 12.1. The molecule has 1 N–H and O–H groups in total. The van der Waals surface area contributed by atoms with Gasteiger partial charge in [-0.3, -0.25) is 4.79 Å². The monoisotopic (exact) mass is 464 g/mol. The molecule has 1 amide bonds. The molecule has 0 atom stereocenters. The van der Waals surface area contributed by atoms with Crippen LogP contribution in [0.25, 0.3) is 0 Å². The molecule has 0 heterocycles. The summed E-state index contributed by atoms with van der Waals surface area (Å²) in [7, 11) is 0. The third-order valence-corrected chi connectivity index (χ3v) is 4.95. The molecular weight excluding hydrogens is 440 g/mol. The molecule has 0 radical (unpaired) electrons. The molecule has 2 aromatic carbocycles. The van der Waals surface area contributed by atoms with Crippen molar-refractivity contribution in [2.45, 2.75) is 45.4 Å². The minimum Gasteiger partial charge on any atom is -0.493 e. The normalized spacial score (nSPS) is 11.0. The van der Waals surface area contributed by atoms with Crippen molar-refractivity contribution >= 4 is 39.7 Å². The number of halogens is 2. The van der Waals surface area contributed by atoms with E-state index >= 15 is 0 Å². The van der Waals surface area contributed by atoms with Gasteiger partial charge >= 0.3 is 0 Å². The zero-order valence-electron chi connectivity index (χ0n) is 16.1. The summed E-state index contributed by atoms with van der Waals surface area (Å²) in [5, 5.41) is 4.65. The number of hydrogen-bond acceptors (Lipinski definition) is 3. The van der Waals surface area contributed by atoms with Crippen molar-refractivity contribution in [2.24, 2.45) is 5.10 Å². The Morgan fingerprint density at radius 3 is 2.57 bits per heavy atom. The number of benzene rings is 2. The molecule has 6 heteroatoms. The van der Waals surface area contributed by atoms with Gasteiger partial charge < -0.3 is 4.74 Å². The summed E-state index contributed by atoms with van der Waals surface area (Å²) in [6.07, 6.45) is 8.90. The van der Waals surface area contributed by atoms with Crippen molar-refractivity contribution < 1.29 is 9.53 Å². The third-order valence-electron chi connectivity index (χ3n) is 4.20. The van der Waals surface area contributed by atoms with Crippen molar-refractivity contribution in [2.75, 3.05) is 6.61 Å². The van der Waals surface area contributed by atoms with Crippen LogP contribution in [0.3, 0.4) is 0 Å². The summed E-state index contributed by atoms with van der Waals surface area (Å²) < 4.78 is 6.84. The first kappa shape index (κ1) is 22.4. The number of carbonyl (C=O) groups is 1. The maximum atomic E-state index is 12.1. The predicted octanol–water partition coefficient (Wildman–Crippen LogP) is 6.61. The van der Waals surface area contributed by atoms with Gasteiger partial charge in [0, 0.05) is 20.6 Å². The third kappa shape index (κ3) is 8.03. The lowest BCUT2D eigenvalue weighted by Gasteiger charge is -2.09. The molecule has 28 heavy (non-hydrogen) atoms. The van der Waals surface area contributed by atoms with E-state index in [2.05, 4.69) is 33.4 Å². The second kappa shape index (κ2) is 12.6. The largest absolute Gasteiger partial charge is 0.493 e. The smallest absolute Gasteiger partial charge is 0.271 e. The highest BCUT2D eigenvalue weighted by Crippen LogP contribution is 2.22. The van der Waals surface area contributed by atoms with Gasteiger partial charge in [-0.2, -0.15) is 5.10 Å². The van der Waals surface area contributed by atoms with Crippen molar-refractivity contribution in [1.29, 1.82) is 0 Å². The van der Waals surface area contributed by atoms with Crippen molar-refractivity contribution in [1.82, 2.24) is 5.43 Å². The van der Waals surface area contributed by atoms with E-state index in [0.717, 1.165) is 22.2 Å². The molecule has 0 unspecified atom stereocenters. The van der Waals surface area contributed by atoms with Crippen molar-refractivity contribution in [3.63, 3.8) is 0 Å². The predicted molar refractivity (Wildman–Crippen MR) is 120 cm³/mol. The molecular formula is C22H26BrClN2O2. The lowest BCUT2D eigenvalue weighted by Crippen LogP contribution is -2.17. The Bertz CT molecular complexity index is 779. The van der Waals surface area contributed by atoms with Gasteiger partial charge in [-0.1, -0.05) is 66.6 Å². The van der Waals surface area contributed by atoms with Crippen LogP contribution in [0.4, 0.5) is 0 Å². The van der Waals surface area contributed by atoms with Gasteiger partial charge in [-0.25, -0.2) is 5.43 Å². The zero-order chi connectivity index (χ0) is 20.2. The number of unbranched alkanes of at least 4 members (excludes halogenated alkanes) is 5. The molecule has 0 spiro atoms. The summed E-state index contributed by atoms with van der Waals surface area (Å²) in [6.45, 7) is 2.89. The van der Waals surface area contributed by atoms with Gasteiger partial charge in [0.25, 0.3) is 5.91 Å². The number of carbonyl (C=O) groups excluding carboxylic acids is 1. The van der Waals surface area contributed by atoms with Gasteiger partial charge in [0.15, 0.2) is 0 Å². The first-order chi connectivity index (χ1) is 13.6. The average molecular weight is 466 g/mol. The van der Waals surface area contributed by atoms with E-state index in [4.69, 9.17) is 16.3 Å². The average Bonchev–Trinajstić information content (AvgIpc) is 2.69. The number of rotatable bonds is 11. The number of nitrogens with one attached hydrogen (secondary N) is 1. The highest BCUT2D eigenvalue weighted by atomic mass is 79.9. The van der Waals surface area contributed by atoms with E-state index in [1.165, 1.54) is 32.1 Å². The first-order valence-corrected chi connectivity index (χ1v) is 10.8. The maximum Gasteiger partial charge on any atom is 0.271 e. The van der Waals surface area contributed by atoms with E-state index in [0.29, 0.717) is 17.2 Å². The quantitative estimate of drug-likeness (QED) is 0.231. The minimum absolute atomic E-state index is 0.294. The Morgan fingerprint density at radius 2 is 1.82 bits per heavy atom. The second-order valence-corrected chi connectivity index (χ2v) is 7.86. The molecule has 0 aliphatic carbocycles. The van der Waals surface area contributed by atoms with Crippen LogP contribution in [0.2, 0.25) is 5.02 Å². The standard InChI is InChI=1S/C22H26BrClN2O2/c1-2-3-4-5-6-7-14-28-21-13-10-19(23)15-18(21)16-25-26-22(27)17-8-11-20(24)12-9-17/h8-13,15-16H,2-7,14H2,1H3,(H,26,27)/b25-16+. The Balaban J connectivity index is 1.87. The second-order valence-electron chi connectivity index (χ2n) is 6.50. The summed E-state index contributed by atoms with van der Waals surface area (Å²) in [6, 6.07) is 12.4. The van der Waals surface area contributed by atoms with E-state index in [9.17, 15) is 4.79 Å². The van der Waals surface area contributed by atoms with Crippen LogP contribution in [0.1, 0.15) is 61.4 Å². The van der Waals surface area contributed by atoms with Gasteiger partial charge in [0.1, 0.15) is 5.75 Å². The summed E-state index contributed by atoms with van der Waals surface area (Å²) >= 11 is 9.30. The molecule has 0 saturated carbocycles. The van der Waals surface area contributed by atoms with Crippen molar-refractivity contribution in [3.05, 3.63) is 63.1 Å². The first-order valence-electron chi connectivity index (χ1n) is 9.61. The Labute approximate surface area is 180 Å². The van der Waals surface area contributed by atoms with Crippen LogP contribution < -0.4 is 10.2 Å². The van der Waals surface area contributed by atoms with Gasteiger partial charge in [-0.05, 0) is 48.9 Å². The van der Waals surface area contributed by atoms with E-state index in [-0.39, 0.29) is 5.91 Å². The Kier molecular flexibility index (Phi) is 10.1.